The highest BCUT2D eigenvalue weighted by Gasteiger charge is 2.10. The van der Waals surface area contributed by atoms with Gasteiger partial charge < -0.3 is 30.7 Å². The lowest BCUT2D eigenvalue weighted by atomic mass is 10.0. The van der Waals surface area contributed by atoms with Gasteiger partial charge in [-0.05, 0) is 72.1 Å². The Morgan fingerprint density at radius 2 is 1.61 bits per heavy atom. The van der Waals surface area contributed by atoms with E-state index in [4.69, 9.17) is 4.74 Å². The number of rotatable bonds is 11. The van der Waals surface area contributed by atoms with Gasteiger partial charge in [-0.25, -0.2) is 0 Å². The summed E-state index contributed by atoms with van der Waals surface area (Å²) in [6.45, 7) is 0.835. The molecule has 0 aliphatic carbocycles. The van der Waals surface area contributed by atoms with Crippen molar-refractivity contribution in [3.63, 3.8) is 0 Å². The van der Waals surface area contributed by atoms with E-state index in [1.54, 1.807) is 19.2 Å². The summed E-state index contributed by atoms with van der Waals surface area (Å²) in [7, 11) is 1.68. The number of anilines is 2. The van der Waals surface area contributed by atoms with Crippen LogP contribution in [0.3, 0.4) is 0 Å². The molecule has 0 radical (unpaired) electrons. The highest BCUT2D eigenvalue weighted by Crippen LogP contribution is 2.33. The van der Waals surface area contributed by atoms with Crippen LogP contribution < -0.4 is 15.4 Å². The molecule has 0 heterocycles. The second kappa shape index (κ2) is 12.2. The molecule has 4 rings (SSSR count). The van der Waals surface area contributed by atoms with E-state index >= 15 is 0 Å². The molecule has 36 heavy (non-hydrogen) atoms. The maximum Gasteiger partial charge on any atom is 0.126 e. The third-order valence-corrected chi connectivity index (χ3v) is 6.11. The molecule has 4 aromatic rings. The van der Waals surface area contributed by atoms with Gasteiger partial charge in [0.15, 0.2) is 0 Å². The van der Waals surface area contributed by atoms with Crippen molar-refractivity contribution in [1.82, 2.24) is 5.32 Å². The summed E-state index contributed by atoms with van der Waals surface area (Å²) >= 11 is 0. The quantitative estimate of drug-likeness (QED) is 0.189. The van der Waals surface area contributed by atoms with E-state index in [1.165, 1.54) is 11.6 Å². The second-order valence-corrected chi connectivity index (χ2v) is 8.62. The van der Waals surface area contributed by atoms with Crippen molar-refractivity contribution in [2.24, 2.45) is 0 Å². The van der Waals surface area contributed by atoms with Crippen molar-refractivity contribution < 1.29 is 20.1 Å². The normalized spacial score (nSPS) is 11.8. The third kappa shape index (κ3) is 6.43. The molecule has 5 N–H and O–H groups in total. The van der Waals surface area contributed by atoms with Gasteiger partial charge in [-0.1, -0.05) is 48.5 Å². The molecule has 0 saturated heterocycles. The summed E-state index contributed by atoms with van der Waals surface area (Å²) in [5.74, 6) is 0.863. The Morgan fingerprint density at radius 3 is 2.33 bits per heavy atom. The van der Waals surface area contributed by atoms with Crippen LogP contribution in [0.25, 0.3) is 11.1 Å². The lowest BCUT2D eigenvalue weighted by Gasteiger charge is -2.14. The smallest absolute Gasteiger partial charge is 0.126 e. The first kappa shape index (κ1) is 25.3. The number of aliphatic hydroxyl groups excluding tert-OH is 2. The zero-order valence-electron chi connectivity index (χ0n) is 20.3. The van der Waals surface area contributed by atoms with Gasteiger partial charge in [0, 0.05) is 29.0 Å². The van der Waals surface area contributed by atoms with Crippen molar-refractivity contribution in [2.75, 3.05) is 25.5 Å². The Balaban J connectivity index is 1.30. The molecule has 0 fully saturated rings. The highest BCUT2D eigenvalue weighted by molar-refractivity contribution is 5.76. The van der Waals surface area contributed by atoms with Gasteiger partial charge in [-0.3, -0.25) is 0 Å². The minimum Gasteiger partial charge on any atom is -0.508 e. The monoisotopic (exact) mass is 484 g/mol. The number of aromatic hydroxyl groups is 1. The van der Waals surface area contributed by atoms with Gasteiger partial charge in [-0.15, -0.1) is 0 Å². The number of phenols is 1. The van der Waals surface area contributed by atoms with E-state index in [1.807, 2.05) is 30.3 Å². The maximum absolute atomic E-state index is 10.4. The molecule has 4 aromatic carbocycles. The van der Waals surface area contributed by atoms with E-state index in [0.717, 1.165) is 34.7 Å². The zero-order valence-corrected chi connectivity index (χ0v) is 20.3. The number of hydrogen-bond acceptors (Lipinski definition) is 6. The van der Waals surface area contributed by atoms with Crippen LogP contribution in [-0.2, 0) is 13.0 Å². The second-order valence-electron chi connectivity index (χ2n) is 8.62. The SMILES string of the molecule is COc1ccc(Nc2ccc(CCNC[C@H](O)c3ccc(O)c(CO)c3)cc2)cc1-c1ccccc1. The largest absolute Gasteiger partial charge is 0.508 e. The molecule has 0 amide bonds. The van der Waals surface area contributed by atoms with E-state index in [0.29, 0.717) is 24.2 Å². The summed E-state index contributed by atoms with van der Waals surface area (Å²) < 4.78 is 5.55. The fourth-order valence-electron chi connectivity index (χ4n) is 4.08. The van der Waals surface area contributed by atoms with Crippen LogP contribution in [0.1, 0.15) is 22.8 Å². The van der Waals surface area contributed by atoms with Crippen molar-refractivity contribution >= 4 is 11.4 Å². The number of aliphatic hydroxyl groups is 2. The maximum atomic E-state index is 10.4. The summed E-state index contributed by atoms with van der Waals surface area (Å²) in [5.41, 5.74) is 6.38. The van der Waals surface area contributed by atoms with Crippen molar-refractivity contribution in [2.45, 2.75) is 19.1 Å². The number of benzene rings is 4. The van der Waals surface area contributed by atoms with E-state index in [2.05, 4.69) is 53.1 Å². The molecule has 0 aromatic heterocycles. The van der Waals surface area contributed by atoms with Gasteiger partial charge in [0.25, 0.3) is 0 Å². The predicted octanol–water partition coefficient (Wildman–Crippen LogP) is 5.17. The number of methoxy groups -OCH3 is 1. The molecule has 6 heteroatoms. The Morgan fingerprint density at radius 1 is 0.861 bits per heavy atom. The number of hydrogen-bond donors (Lipinski definition) is 5. The average molecular weight is 485 g/mol. The van der Waals surface area contributed by atoms with Crippen LogP contribution in [-0.4, -0.2) is 35.5 Å². The fourth-order valence-corrected chi connectivity index (χ4v) is 4.08. The van der Waals surface area contributed by atoms with Gasteiger partial charge in [-0.2, -0.15) is 0 Å². The van der Waals surface area contributed by atoms with Gasteiger partial charge >= 0.3 is 0 Å². The van der Waals surface area contributed by atoms with Crippen LogP contribution in [0.15, 0.2) is 91.0 Å². The Kier molecular flexibility index (Phi) is 8.57. The van der Waals surface area contributed by atoms with E-state index < -0.39 is 6.10 Å². The minimum absolute atomic E-state index is 0.0305. The van der Waals surface area contributed by atoms with E-state index in [9.17, 15) is 15.3 Å². The first-order chi connectivity index (χ1) is 17.6. The molecular weight excluding hydrogens is 452 g/mol. The van der Waals surface area contributed by atoms with Crippen LogP contribution in [0.2, 0.25) is 0 Å². The molecule has 0 saturated carbocycles. The zero-order chi connectivity index (χ0) is 25.3. The molecule has 6 nitrogen and oxygen atoms in total. The number of ether oxygens (including phenoxy) is 1. The first-order valence-corrected chi connectivity index (χ1v) is 12.0. The summed E-state index contributed by atoms with van der Waals surface area (Å²) in [6.07, 6.45) is 0.110. The van der Waals surface area contributed by atoms with Gasteiger partial charge in [0.2, 0.25) is 0 Å². The molecule has 1 atom stereocenters. The summed E-state index contributed by atoms with van der Waals surface area (Å²) in [6, 6.07) is 29.3. The average Bonchev–Trinajstić information content (AvgIpc) is 2.92. The molecule has 0 aliphatic rings. The summed E-state index contributed by atoms with van der Waals surface area (Å²) in [4.78, 5) is 0. The van der Waals surface area contributed by atoms with Crippen LogP contribution in [0, 0.1) is 0 Å². The van der Waals surface area contributed by atoms with Crippen molar-refractivity contribution in [1.29, 1.82) is 0 Å². The lowest BCUT2D eigenvalue weighted by molar-refractivity contribution is 0.174. The molecule has 0 spiro atoms. The van der Waals surface area contributed by atoms with Crippen LogP contribution in [0.4, 0.5) is 11.4 Å². The molecular formula is C30H32N2O4. The number of nitrogens with one attached hydrogen (secondary N) is 2. The fraction of sp³-hybridized carbons (Fsp3) is 0.200. The van der Waals surface area contributed by atoms with Gasteiger partial charge in [0.1, 0.15) is 11.5 Å². The summed E-state index contributed by atoms with van der Waals surface area (Å²) in [5, 5.41) is 36.1. The minimum atomic E-state index is -0.715. The Hall–Kier alpha value is -3.84. The Labute approximate surface area is 211 Å². The topological polar surface area (TPSA) is 94.0 Å². The van der Waals surface area contributed by atoms with Crippen LogP contribution in [0.5, 0.6) is 11.5 Å². The molecule has 0 aliphatic heterocycles. The molecule has 0 unspecified atom stereocenters. The first-order valence-electron chi connectivity index (χ1n) is 12.0. The lowest BCUT2D eigenvalue weighted by Crippen LogP contribution is -2.23. The third-order valence-electron chi connectivity index (χ3n) is 6.11. The van der Waals surface area contributed by atoms with Crippen LogP contribution >= 0.6 is 0 Å². The molecule has 186 valence electrons. The van der Waals surface area contributed by atoms with Crippen molar-refractivity contribution in [3.05, 3.63) is 108 Å². The standard InChI is InChI=1S/C30H32N2O4/c1-36-30-14-12-26(18-27(30)22-5-3-2-4-6-22)32-25-10-7-21(8-11-25)15-16-31-19-29(35)23-9-13-28(34)24(17-23)20-33/h2-14,17-18,29,31-35H,15-16,19-20H2,1H3/t29-/m0/s1. The highest BCUT2D eigenvalue weighted by atomic mass is 16.5. The predicted molar refractivity (Wildman–Crippen MR) is 144 cm³/mol. The van der Waals surface area contributed by atoms with Gasteiger partial charge in [0.05, 0.1) is 19.8 Å². The molecule has 0 bridgehead atoms. The van der Waals surface area contributed by atoms with Crippen molar-refractivity contribution in [3.8, 4) is 22.6 Å². The van der Waals surface area contributed by atoms with E-state index in [-0.39, 0.29) is 12.4 Å². The Bertz CT molecular complexity index is 1260.